The van der Waals surface area contributed by atoms with E-state index in [0.717, 1.165) is 23.6 Å². The zero-order valence-electron chi connectivity index (χ0n) is 13.6. The molecule has 0 spiro atoms. The van der Waals surface area contributed by atoms with E-state index in [2.05, 4.69) is 33.6 Å². The lowest BCUT2D eigenvalue weighted by Gasteiger charge is -2.32. The molecule has 0 aliphatic carbocycles. The van der Waals surface area contributed by atoms with Crippen LogP contribution in [0.3, 0.4) is 0 Å². The summed E-state index contributed by atoms with van der Waals surface area (Å²) in [6.45, 7) is 6.00. The molecular weight excluding hydrogens is 310 g/mol. The van der Waals surface area contributed by atoms with Gasteiger partial charge in [-0.15, -0.1) is 11.8 Å². The summed E-state index contributed by atoms with van der Waals surface area (Å²) in [5.74, 6) is 1.52. The van der Waals surface area contributed by atoms with Crippen LogP contribution in [0.2, 0.25) is 0 Å². The Balaban J connectivity index is 1.79. The second-order valence-corrected chi connectivity index (χ2v) is 6.57. The van der Waals surface area contributed by atoms with Crippen LogP contribution in [0.1, 0.15) is 18.4 Å². The van der Waals surface area contributed by atoms with Crippen molar-refractivity contribution in [2.24, 2.45) is 0 Å². The number of aromatic nitrogens is 1. The minimum Gasteiger partial charge on any atom is -0.441 e. The first-order valence-electron chi connectivity index (χ1n) is 7.71. The van der Waals surface area contributed by atoms with E-state index >= 15 is 0 Å². The molecule has 1 saturated heterocycles. The Morgan fingerprint density at radius 2 is 2.13 bits per heavy atom. The molecular formula is C17H21N3O2S. The van der Waals surface area contributed by atoms with E-state index in [1.165, 1.54) is 4.90 Å². The van der Waals surface area contributed by atoms with Crippen molar-refractivity contribution in [3.63, 3.8) is 0 Å². The highest BCUT2D eigenvalue weighted by atomic mass is 32.2. The Morgan fingerprint density at radius 1 is 1.39 bits per heavy atom. The monoisotopic (exact) mass is 331 g/mol. The molecule has 5 nitrogen and oxygen atoms in total. The van der Waals surface area contributed by atoms with Crippen molar-refractivity contribution in [2.75, 3.05) is 19.3 Å². The molecule has 1 amide bonds. The van der Waals surface area contributed by atoms with Crippen LogP contribution < -0.4 is 5.32 Å². The van der Waals surface area contributed by atoms with Crippen molar-refractivity contribution in [1.82, 2.24) is 15.2 Å². The SMILES string of the molecule is CSc1ccc(-c2nc(CN3CCNC(=O)[C@H]3C)c(C)o2)cc1. The van der Waals surface area contributed by atoms with Gasteiger partial charge >= 0.3 is 0 Å². The number of nitrogens with one attached hydrogen (secondary N) is 1. The lowest BCUT2D eigenvalue weighted by Crippen LogP contribution is -2.53. The summed E-state index contributed by atoms with van der Waals surface area (Å²) < 4.78 is 5.83. The maximum absolute atomic E-state index is 11.8. The van der Waals surface area contributed by atoms with Gasteiger partial charge in [-0.3, -0.25) is 9.69 Å². The highest BCUT2D eigenvalue weighted by Crippen LogP contribution is 2.25. The molecule has 3 rings (SSSR count). The van der Waals surface area contributed by atoms with E-state index in [9.17, 15) is 4.79 Å². The van der Waals surface area contributed by atoms with Gasteiger partial charge in [-0.1, -0.05) is 0 Å². The average molecular weight is 331 g/mol. The smallest absolute Gasteiger partial charge is 0.237 e. The third kappa shape index (κ3) is 3.43. The molecule has 0 radical (unpaired) electrons. The molecule has 0 saturated carbocycles. The van der Waals surface area contributed by atoms with Crippen molar-refractivity contribution < 1.29 is 9.21 Å². The summed E-state index contributed by atoms with van der Waals surface area (Å²) in [5.41, 5.74) is 1.87. The summed E-state index contributed by atoms with van der Waals surface area (Å²) in [6, 6.07) is 8.05. The summed E-state index contributed by atoms with van der Waals surface area (Å²) in [5, 5.41) is 2.88. The molecule has 122 valence electrons. The van der Waals surface area contributed by atoms with Crippen molar-refractivity contribution in [2.45, 2.75) is 31.3 Å². The second-order valence-electron chi connectivity index (χ2n) is 5.69. The minimum absolute atomic E-state index is 0.0743. The molecule has 1 atom stereocenters. The van der Waals surface area contributed by atoms with E-state index in [0.29, 0.717) is 19.0 Å². The molecule has 0 unspecified atom stereocenters. The maximum Gasteiger partial charge on any atom is 0.237 e. The highest BCUT2D eigenvalue weighted by molar-refractivity contribution is 7.98. The summed E-state index contributed by atoms with van der Waals surface area (Å²) in [6.07, 6.45) is 2.05. The first-order chi connectivity index (χ1) is 11.1. The number of hydrogen-bond donors (Lipinski definition) is 1. The normalized spacial score (nSPS) is 18.9. The molecule has 1 N–H and O–H groups in total. The zero-order chi connectivity index (χ0) is 16.4. The van der Waals surface area contributed by atoms with E-state index in [-0.39, 0.29) is 11.9 Å². The Kier molecular flexibility index (Phi) is 4.73. The van der Waals surface area contributed by atoms with Gasteiger partial charge in [0.05, 0.1) is 11.7 Å². The number of thioether (sulfide) groups is 1. The third-order valence-electron chi connectivity index (χ3n) is 4.21. The van der Waals surface area contributed by atoms with Gasteiger partial charge in [0.25, 0.3) is 0 Å². The number of benzene rings is 1. The van der Waals surface area contributed by atoms with Crippen molar-refractivity contribution in [1.29, 1.82) is 0 Å². The topological polar surface area (TPSA) is 58.4 Å². The number of carbonyl (C=O) groups is 1. The Bertz CT molecular complexity index is 696. The van der Waals surface area contributed by atoms with Gasteiger partial charge in [-0.05, 0) is 44.4 Å². The van der Waals surface area contributed by atoms with Gasteiger partial charge in [0.15, 0.2) is 0 Å². The lowest BCUT2D eigenvalue weighted by atomic mass is 10.2. The predicted molar refractivity (Wildman–Crippen MR) is 91.3 cm³/mol. The number of aryl methyl sites for hydroxylation is 1. The van der Waals surface area contributed by atoms with Crippen LogP contribution in [0.15, 0.2) is 33.6 Å². The predicted octanol–water partition coefficient (Wildman–Crippen LogP) is 2.69. The van der Waals surface area contributed by atoms with Gasteiger partial charge in [-0.2, -0.15) is 0 Å². The highest BCUT2D eigenvalue weighted by Gasteiger charge is 2.27. The number of carbonyl (C=O) groups excluding carboxylic acids is 1. The van der Waals surface area contributed by atoms with Gasteiger partial charge < -0.3 is 9.73 Å². The van der Waals surface area contributed by atoms with Crippen LogP contribution in [0.4, 0.5) is 0 Å². The van der Waals surface area contributed by atoms with E-state index in [1.54, 1.807) is 11.8 Å². The summed E-state index contributed by atoms with van der Waals surface area (Å²) in [4.78, 5) is 19.8. The van der Waals surface area contributed by atoms with Gasteiger partial charge in [-0.25, -0.2) is 4.98 Å². The second kappa shape index (κ2) is 6.76. The van der Waals surface area contributed by atoms with E-state index in [4.69, 9.17) is 4.42 Å². The molecule has 23 heavy (non-hydrogen) atoms. The molecule has 1 fully saturated rings. The summed E-state index contributed by atoms with van der Waals surface area (Å²) >= 11 is 1.71. The fraction of sp³-hybridized carbons (Fsp3) is 0.412. The van der Waals surface area contributed by atoms with Crippen LogP contribution in [-0.2, 0) is 11.3 Å². The number of rotatable bonds is 4. The first-order valence-corrected chi connectivity index (χ1v) is 8.93. The molecule has 1 aromatic carbocycles. The molecule has 1 aromatic heterocycles. The fourth-order valence-electron chi connectivity index (χ4n) is 2.67. The molecule has 1 aliphatic rings. The molecule has 2 aromatic rings. The Hall–Kier alpha value is -1.79. The van der Waals surface area contributed by atoms with Crippen LogP contribution in [0.25, 0.3) is 11.5 Å². The third-order valence-corrected chi connectivity index (χ3v) is 4.95. The quantitative estimate of drug-likeness (QED) is 0.873. The van der Waals surface area contributed by atoms with Gasteiger partial charge in [0.2, 0.25) is 11.8 Å². The van der Waals surface area contributed by atoms with Crippen LogP contribution >= 0.6 is 11.8 Å². The summed E-state index contributed by atoms with van der Waals surface area (Å²) in [7, 11) is 0. The average Bonchev–Trinajstić information content (AvgIpc) is 2.93. The lowest BCUT2D eigenvalue weighted by molar-refractivity contribution is -0.128. The Labute approximate surface area is 140 Å². The van der Waals surface area contributed by atoms with Crippen LogP contribution in [0, 0.1) is 6.92 Å². The Morgan fingerprint density at radius 3 is 2.83 bits per heavy atom. The van der Waals surface area contributed by atoms with Crippen LogP contribution in [0.5, 0.6) is 0 Å². The molecule has 0 bridgehead atoms. The van der Waals surface area contributed by atoms with Crippen molar-refractivity contribution in [3.05, 3.63) is 35.7 Å². The standard InChI is InChI=1S/C17H21N3O2S/c1-11-16(21)18-8-9-20(11)10-15-12(2)22-17(19-15)13-4-6-14(23-3)7-5-13/h4-7,11H,8-10H2,1-3H3,(H,18,21)/t11-/m1/s1. The zero-order valence-corrected chi connectivity index (χ0v) is 14.4. The number of amides is 1. The van der Waals surface area contributed by atoms with Crippen LogP contribution in [-0.4, -0.2) is 41.2 Å². The van der Waals surface area contributed by atoms with Crippen molar-refractivity contribution >= 4 is 17.7 Å². The largest absolute Gasteiger partial charge is 0.441 e. The number of oxazole rings is 1. The first kappa shape index (κ1) is 16.1. The minimum atomic E-state index is -0.135. The number of nitrogens with zero attached hydrogens (tertiary/aromatic N) is 2. The van der Waals surface area contributed by atoms with Crippen molar-refractivity contribution in [3.8, 4) is 11.5 Å². The number of hydrogen-bond acceptors (Lipinski definition) is 5. The molecule has 6 heteroatoms. The maximum atomic E-state index is 11.8. The number of piperazine rings is 1. The van der Waals surface area contributed by atoms with E-state index < -0.39 is 0 Å². The van der Waals surface area contributed by atoms with Gasteiger partial charge in [0, 0.05) is 30.1 Å². The van der Waals surface area contributed by atoms with E-state index in [1.807, 2.05) is 26.0 Å². The van der Waals surface area contributed by atoms with Gasteiger partial charge in [0.1, 0.15) is 5.76 Å². The molecule has 1 aliphatic heterocycles. The fourth-order valence-corrected chi connectivity index (χ4v) is 3.08. The molecule has 2 heterocycles.